The van der Waals surface area contributed by atoms with Crippen LogP contribution in [0.1, 0.15) is 90.9 Å². The van der Waals surface area contributed by atoms with Gasteiger partial charge in [-0.1, -0.05) is 13.8 Å². The summed E-state index contributed by atoms with van der Waals surface area (Å²) in [6.45, 7) is 4.95. The third-order valence-corrected chi connectivity index (χ3v) is 9.71. The number of halogens is 1. The van der Waals surface area contributed by atoms with Gasteiger partial charge in [0.15, 0.2) is 0 Å². The van der Waals surface area contributed by atoms with Gasteiger partial charge < -0.3 is 5.11 Å². The van der Waals surface area contributed by atoms with Gasteiger partial charge in [0.1, 0.15) is 6.17 Å². The normalized spacial score (nSPS) is 50.6. The van der Waals surface area contributed by atoms with Gasteiger partial charge in [-0.3, -0.25) is 4.79 Å². The number of carbonyl (C=O) groups is 1. The topological polar surface area (TPSA) is 37.3 Å². The van der Waals surface area contributed by atoms with Crippen LogP contribution in [-0.4, -0.2) is 17.2 Å². The van der Waals surface area contributed by atoms with Crippen molar-refractivity contribution in [3.63, 3.8) is 0 Å². The Labute approximate surface area is 158 Å². The molecule has 4 rings (SSSR count). The molecule has 0 radical (unpaired) electrons. The van der Waals surface area contributed by atoms with E-state index in [-0.39, 0.29) is 5.41 Å². The molecule has 4 aliphatic rings. The number of aliphatic carboxylic acids is 1. The summed E-state index contributed by atoms with van der Waals surface area (Å²) in [5, 5.41) is 8.97. The summed E-state index contributed by atoms with van der Waals surface area (Å²) in [5.74, 6) is 2.69. The van der Waals surface area contributed by atoms with Gasteiger partial charge in [0.05, 0.1) is 0 Å². The lowest BCUT2D eigenvalue weighted by Gasteiger charge is -2.61. The molecule has 7 unspecified atom stereocenters. The van der Waals surface area contributed by atoms with Crippen LogP contribution in [0.3, 0.4) is 0 Å². The second-order valence-electron chi connectivity index (χ2n) is 10.6. The molecule has 0 spiro atoms. The first-order chi connectivity index (χ1) is 12.4. The fourth-order valence-electron chi connectivity index (χ4n) is 8.41. The van der Waals surface area contributed by atoms with Crippen molar-refractivity contribution in [2.45, 2.75) is 97.1 Å². The van der Waals surface area contributed by atoms with Crippen molar-refractivity contribution in [3.8, 4) is 0 Å². The molecule has 1 N–H and O–H groups in total. The van der Waals surface area contributed by atoms with Crippen molar-refractivity contribution in [1.29, 1.82) is 0 Å². The molecule has 0 aliphatic heterocycles. The Morgan fingerprint density at radius 1 is 0.962 bits per heavy atom. The number of hydrogen-bond donors (Lipinski definition) is 1. The van der Waals surface area contributed by atoms with Gasteiger partial charge in [0.25, 0.3) is 0 Å². The van der Waals surface area contributed by atoms with Gasteiger partial charge in [-0.2, -0.15) is 0 Å². The van der Waals surface area contributed by atoms with Gasteiger partial charge >= 0.3 is 5.97 Å². The van der Waals surface area contributed by atoms with Crippen molar-refractivity contribution in [2.24, 2.45) is 40.4 Å². The Hall–Kier alpha value is -0.600. The predicted octanol–water partition coefficient (Wildman–Crippen LogP) is 6.24. The first-order valence-corrected chi connectivity index (χ1v) is 11.2. The minimum Gasteiger partial charge on any atom is -0.481 e. The van der Waals surface area contributed by atoms with Crippen LogP contribution in [-0.2, 0) is 4.79 Å². The number of hydrogen-bond acceptors (Lipinski definition) is 1. The Kier molecular flexibility index (Phi) is 4.89. The molecule has 0 amide bonds. The summed E-state index contributed by atoms with van der Waals surface area (Å²) < 4.78 is 14.7. The van der Waals surface area contributed by atoms with Crippen LogP contribution in [0.4, 0.5) is 4.39 Å². The highest BCUT2D eigenvalue weighted by molar-refractivity contribution is 5.66. The SMILES string of the molecule is CC12CCC3C(CCC4C(F)CCC[C@@]43C)C1CCC2CCCC(=O)O. The standard InChI is InChI=1S/C23H37FO2/c1-22-14-12-18-16(9-11-19-20(24)6-4-13-23(18,19)2)17(22)10-8-15(22)5-3-7-21(25)26/h15-20H,3-14H2,1-2H3,(H,25,26)/t15?,16?,17?,18?,19?,20?,22?,23-/m1/s1. The molecule has 0 aromatic carbocycles. The molecule has 148 valence electrons. The fraction of sp³-hybridized carbons (Fsp3) is 0.957. The van der Waals surface area contributed by atoms with E-state index in [0.717, 1.165) is 49.9 Å². The lowest BCUT2D eigenvalue weighted by Crippen LogP contribution is -2.54. The van der Waals surface area contributed by atoms with Gasteiger partial charge in [-0.05, 0) is 111 Å². The van der Waals surface area contributed by atoms with E-state index < -0.39 is 12.1 Å². The highest BCUT2D eigenvalue weighted by Crippen LogP contribution is 2.68. The Balaban J connectivity index is 1.50. The number of alkyl halides is 1. The van der Waals surface area contributed by atoms with E-state index in [9.17, 15) is 9.18 Å². The lowest BCUT2D eigenvalue weighted by molar-refractivity contribution is -0.137. The van der Waals surface area contributed by atoms with Crippen LogP contribution in [0.15, 0.2) is 0 Å². The summed E-state index contributed by atoms with van der Waals surface area (Å²) in [6.07, 6.45) is 12.3. The molecule has 0 heterocycles. The monoisotopic (exact) mass is 364 g/mol. The van der Waals surface area contributed by atoms with E-state index in [1.807, 2.05) is 0 Å². The molecule has 4 saturated carbocycles. The molecule has 0 saturated heterocycles. The zero-order valence-electron chi connectivity index (χ0n) is 16.7. The first-order valence-electron chi connectivity index (χ1n) is 11.2. The van der Waals surface area contributed by atoms with Gasteiger partial charge in [-0.15, -0.1) is 0 Å². The number of fused-ring (bicyclic) bond motifs is 5. The zero-order valence-corrected chi connectivity index (χ0v) is 16.7. The zero-order chi connectivity index (χ0) is 18.5. The summed E-state index contributed by atoms with van der Waals surface area (Å²) in [5.41, 5.74) is 0.649. The molecule has 4 aliphatic carbocycles. The van der Waals surface area contributed by atoms with E-state index in [4.69, 9.17) is 5.11 Å². The Morgan fingerprint density at radius 2 is 1.69 bits per heavy atom. The largest absolute Gasteiger partial charge is 0.481 e. The van der Waals surface area contributed by atoms with E-state index in [1.54, 1.807) is 0 Å². The minimum atomic E-state index is -0.655. The van der Waals surface area contributed by atoms with Crippen molar-refractivity contribution in [1.82, 2.24) is 0 Å². The molecule has 4 fully saturated rings. The molecule has 0 aromatic rings. The van der Waals surface area contributed by atoms with E-state index in [2.05, 4.69) is 13.8 Å². The molecule has 26 heavy (non-hydrogen) atoms. The van der Waals surface area contributed by atoms with Crippen LogP contribution < -0.4 is 0 Å². The van der Waals surface area contributed by atoms with Gasteiger partial charge in [0.2, 0.25) is 0 Å². The van der Waals surface area contributed by atoms with Crippen molar-refractivity contribution >= 4 is 5.97 Å². The smallest absolute Gasteiger partial charge is 0.303 e. The number of carboxylic acids is 1. The van der Waals surface area contributed by atoms with Crippen molar-refractivity contribution in [2.75, 3.05) is 0 Å². The molecule has 3 heteroatoms. The maximum atomic E-state index is 14.7. The first kappa shape index (κ1) is 18.7. The van der Waals surface area contributed by atoms with Crippen LogP contribution in [0, 0.1) is 40.4 Å². The second-order valence-corrected chi connectivity index (χ2v) is 10.6. The molecule has 0 bridgehead atoms. The van der Waals surface area contributed by atoms with Crippen LogP contribution in [0.2, 0.25) is 0 Å². The number of rotatable bonds is 4. The molecule has 8 atom stereocenters. The fourth-order valence-corrected chi connectivity index (χ4v) is 8.41. The van der Waals surface area contributed by atoms with Gasteiger partial charge in [0, 0.05) is 6.42 Å². The van der Waals surface area contributed by atoms with E-state index in [0.29, 0.717) is 23.7 Å². The Bertz CT molecular complexity index is 548. The molecule has 0 aromatic heterocycles. The second kappa shape index (κ2) is 6.78. The maximum absolute atomic E-state index is 14.7. The summed E-state index contributed by atoms with van der Waals surface area (Å²) in [7, 11) is 0. The third kappa shape index (κ3) is 2.83. The van der Waals surface area contributed by atoms with Gasteiger partial charge in [-0.25, -0.2) is 4.39 Å². The highest BCUT2D eigenvalue weighted by Gasteiger charge is 2.60. The highest BCUT2D eigenvalue weighted by atomic mass is 19.1. The van der Waals surface area contributed by atoms with E-state index >= 15 is 0 Å². The molecule has 2 nitrogen and oxygen atoms in total. The lowest BCUT2D eigenvalue weighted by atomic mass is 9.44. The van der Waals surface area contributed by atoms with Crippen molar-refractivity contribution in [3.05, 3.63) is 0 Å². The molecular weight excluding hydrogens is 327 g/mol. The molecular formula is C23H37FO2. The number of carboxylic acid groups (broad SMARTS) is 1. The van der Waals surface area contributed by atoms with Crippen LogP contribution in [0.5, 0.6) is 0 Å². The van der Waals surface area contributed by atoms with E-state index in [1.165, 1.54) is 38.5 Å². The third-order valence-electron chi connectivity index (χ3n) is 9.71. The van der Waals surface area contributed by atoms with Crippen LogP contribution in [0.25, 0.3) is 0 Å². The summed E-state index contributed by atoms with van der Waals surface area (Å²) in [6, 6.07) is 0. The maximum Gasteiger partial charge on any atom is 0.303 e. The van der Waals surface area contributed by atoms with Crippen LogP contribution >= 0.6 is 0 Å². The summed E-state index contributed by atoms with van der Waals surface area (Å²) >= 11 is 0. The average molecular weight is 365 g/mol. The minimum absolute atomic E-state index is 0.239. The summed E-state index contributed by atoms with van der Waals surface area (Å²) in [4.78, 5) is 10.9. The van der Waals surface area contributed by atoms with Crippen molar-refractivity contribution < 1.29 is 14.3 Å². The Morgan fingerprint density at radius 3 is 2.46 bits per heavy atom. The predicted molar refractivity (Wildman–Crippen MR) is 102 cm³/mol. The quantitative estimate of drug-likeness (QED) is 0.641. The average Bonchev–Trinajstić information content (AvgIpc) is 2.91.